The maximum Gasteiger partial charge on any atom is 0.270 e. The van der Waals surface area contributed by atoms with Gasteiger partial charge in [-0.25, -0.2) is 0 Å². The predicted octanol–water partition coefficient (Wildman–Crippen LogP) is 2.91. The van der Waals surface area contributed by atoms with E-state index in [4.69, 9.17) is 0 Å². The molecule has 0 amide bonds. The first-order valence-electron chi connectivity index (χ1n) is 7.80. The van der Waals surface area contributed by atoms with Crippen molar-refractivity contribution in [2.24, 2.45) is 0 Å². The van der Waals surface area contributed by atoms with Crippen LogP contribution in [0, 0.1) is 0 Å². The number of likely N-dealkylation sites (tertiary alicyclic amines) is 1. The zero-order chi connectivity index (χ0) is 16.5. The lowest BCUT2D eigenvalue weighted by atomic mass is 9.77. The first-order chi connectivity index (χ1) is 11.0. The fraction of sp³-hybridized carbons (Fsp3) is 0.333. The van der Waals surface area contributed by atoms with Crippen LogP contribution in [0.15, 0.2) is 60.7 Å². The lowest BCUT2D eigenvalue weighted by molar-refractivity contribution is 0.0530. The Labute approximate surface area is 137 Å². The summed E-state index contributed by atoms with van der Waals surface area (Å²) in [7, 11) is -4.22. The summed E-state index contributed by atoms with van der Waals surface area (Å²) in [5.74, 6) is 0. The molecule has 122 valence electrons. The van der Waals surface area contributed by atoms with Crippen LogP contribution in [0.4, 0.5) is 0 Å². The van der Waals surface area contributed by atoms with E-state index in [9.17, 15) is 13.0 Å². The van der Waals surface area contributed by atoms with E-state index < -0.39 is 20.9 Å². The lowest BCUT2D eigenvalue weighted by Crippen LogP contribution is -2.60. The van der Waals surface area contributed by atoms with Crippen LogP contribution < -0.4 is 0 Å². The molecule has 0 bridgehead atoms. The van der Waals surface area contributed by atoms with Crippen LogP contribution in [0.1, 0.15) is 24.5 Å². The van der Waals surface area contributed by atoms with Crippen molar-refractivity contribution in [1.82, 2.24) is 4.90 Å². The van der Waals surface area contributed by atoms with Crippen LogP contribution in [0.2, 0.25) is 0 Å². The molecular formula is C18H21NO3S. The topological polar surface area (TPSA) is 57.6 Å². The fourth-order valence-corrected chi connectivity index (χ4v) is 4.38. The summed E-state index contributed by atoms with van der Waals surface area (Å²) >= 11 is 0. The summed E-state index contributed by atoms with van der Waals surface area (Å²) in [6.45, 7) is 3.21. The first-order valence-corrected chi connectivity index (χ1v) is 9.30. The molecule has 5 heteroatoms. The number of hydrogen-bond donors (Lipinski definition) is 1. The third-order valence-corrected chi connectivity index (χ3v) is 6.05. The molecule has 1 unspecified atom stereocenters. The summed E-state index contributed by atoms with van der Waals surface area (Å²) in [5, 5.41) is -0.972. The molecule has 3 rings (SSSR count). The highest BCUT2D eigenvalue weighted by Gasteiger charge is 2.51. The smallest absolute Gasteiger partial charge is 0.270 e. The van der Waals surface area contributed by atoms with Crippen molar-refractivity contribution in [1.29, 1.82) is 0 Å². The highest BCUT2D eigenvalue weighted by atomic mass is 32.2. The molecule has 4 nitrogen and oxygen atoms in total. The van der Waals surface area contributed by atoms with Crippen molar-refractivity contribution >= 4 is 10.1 Å². The quantitative estimate of drug-likeness (QED) is 0.856. The van der Waals surface area contributed by atoms with Gasteiger partial charge < -0.3 is 0 Å². The third-order valence-electron chi connectivity index (χ3n) is 4.82. The highest BCUT2D eigenvalue weighted by Crippen LogP contribution is 2.44. The Morgan fingerprint density at radius 1 is 0.957 bits per heavy atom. The Morgan fingerprint density at radius 2 is 1.39 bits per heavy atom. The summed E-state index contributed by atoms with van der Waals surface area (Å²) in [4.78, 5) is 2.15. The second-order valence-electron chi connectivity index (χ2n) is 6.00. The lowest BCUT2D eigenvalue weighted by Gasteiger charge is -2.51. The summed E-state index contributed by atoms with van der Waals surface area (Å²) in [6.07, 6.45) is 1.03. The molecule has 0 saturated carbocycles. The second kappa shape index (κ2) is 6.07. The Balaban J connectivity index is 2.30. The molecule has 2 aromatic rings. The maximum absolute atomic E-state index is 12.1. The minimum absolute atomic E-state index is 0.809. The van der Waals surface area contributed by atoms with Gasteiger partial charge in [-0.15, -0.1) is 0 Å². The number of benzene rings is 2. The van der Waals surface area contributed by atoms with Crippen LogP contribution in [0.25, 0.3) is 0 Å². The van der Waals surface area contributed by atoms with E-state index in [1.54, 1.807) is 6.92 Å². The number of nitrogens with zero attached hydrogens (tertiary/aromatic N) is 1. The van der Waals surface area contributed by atoms with Crippen LogP contribution in [-0.4, -0.2) is 36.2 Å². The summed E-state index contributed by atoms with van der Waals surface area (Å²) in [5.41, 5.74) is 0.890. The monoisotopic (exact) mass is 331 g/mol. The SMILES string of the molecule is CC(C(c1ccccc1)(c1ccccc1)N1CCC1)S(=O)(=O)O. The van der Waals surface area contributed by atoms with Gasteiger partial charge in [-0.3, -0.25) is 9.45 Å². The largest absolute Gasteiger partial charge is 0.289 e. The standard InChI is InChI=1S/C18H21NO3S/c1-15(23(20,21)22)18(19-13-8-14-19,16-9-4-2-5-10-16)17-11-6-3-7-12-17/h2-7,9-12,15H,8,13-14H2,1H3,(H,20,21,22). The number of rotatable bonds is 5. The fourth-order valence-electron chi connectivity index (χ4n) is 3.53. The Kier molecular flexibility index (Phi) is 4.27. The number of hydrogen-bond acceptors (Lipinski definition) is 3. The summed E-state index contributed by atoms with van der Waals surface area (Å²) < 4.78 is 34.1. The van der Waals surface area contributed by atoms with Gasteiger partial charge in [-0.1, -0.05) is 60.7 Å². The van der Waals surface area contributed by atoms with Gasteiger partial charge in [-0.05, 0) is 24.5 Å². The van der Waals surface area contributed by atoms with E-state index >= 15 is 0 Å². The molecule has 1 aliphatic rings. The molecule has 23 heavy (non-hydrogen) atoms. The van der Waals surface area contributed by atoms with Gasteiger partial charge in [0.15, 0.2) is 0 Å². The van der Waals surface area contributed by atoms with Gasteiger partial charge in [0, 0.05) is 13.1 Å². The van der Waals surface area contributed by atoms with Crippen molar-refractivity contribution in [3.05, 3.63) is 71.8 Å². The molecular weight excluding hydrogens is 310 g/mol. The molecule has 1 atom stereocenters. The van der Waals surface area contributed by atoms with Gasteiger partial charge in [0.05, 0.1) is 5.54 Å². The van der Waals surface area contributed by atoms with Crippen LogP contribution in [0.5, 0.6) is 0 Å². The zero-order valence-electron chi connectivity index (χ0n) is 13.1. The Bertz CT molecular complexity index is 716. The van der Waals surface area contributed by atoms with Crippen molar-refractivity contribution in [3.63, 3.8) is 0 Å². The molecule has 0 radical (unpaired) electrons. The molecule has 1 N–H and O–H groups in total. The van der Waals surface area contributed by atoms with E-state index in [1.165, 1.54) is 0 Å². The molecule has 0 aromatic heterocycles. The van der Waals surface area contributed by atoms with E-state index in [1.807, 2.05) is 60.7 Å². The predicted molar refractivity (Wildman–Crippen MR) is 90.9 cm³/mol. The van der Waals surface area contributed by atoms with Gasteiger partial charge >= 0.3 is 0 Å². The molecule has 1 saturated heterocycles. The molecule has 1 aliphatic heterocycles. The van der Waals surface area contributed by atoms with Gasteiger partial charge in [-0.2, -0.15) is 8.42 Å². The van der Waals surface area contributed by atoms with Crippen LogP contribution >= 0.6 is 0 Å². The average molecular weight is 331 g/mol. The van der Waals surface area contributed by atoms with Gasteiger partial charge in [0.25, 0.3) is 10.1 Å². The van der Waals surface area contributed by atoms with E-state index in [0.717, 1.165) is 30.6 Å². The summed E-state index contributed by atoms with van der Waals surface area (Å²) in [6, 6.07) is 19.2. The third kappa shape index (κ3) is 2.69. The second-order valence-corrected chi connectivity index (χ2v) is 7.73. The van der Waals surface area contributed by atoms with Crippen LogP contribution in [0.3, 0.4) is 0 Å². The average Bonchev–Trinajstić information content (AvgIpc) is 2.51. The van der Waals surface area contributed by atoms with Crippen molar-refractivity contribution in [2.45, 2.75) is 24.1 Å². The zero-order valence-corrected chi connectivity index (χ0v) is 13.9. The van der Waals surface area contributed by atoms with Gasteiger partial charge in [0.1, 0.15) is 5.25 Å². The molecule has 0 aliphatic carbocycles. The van der Waals surface area contributed by atoms with E-state index in [-0.39, 0.29) is 0 Å². The molecule has 2 aromatic carbocycles. The van der Waals surface area contributed by atoms with Crippen LogP contribution in [-0.2, 0) is 15.7 Å². The minimum Gasteiger partial charge on any atom is -0.289 e. The van der Waals surface area contributed by atoms with E-state index in [0.29, 0.717) is 0 Å². The highest BCUT2D eigenvalue weighted by molar-refractivity contribution is 7.86. The molecule has 1 heterocycles. The first kappa shape index (κ1) is 16.2. The Morgan fingerprint density at radius 3 is 1.70 bits per heavy atom. The van der Waals surface area contributed by atoms with Crippen molar-refractivity contribution < 1.29 is 13.0 Å². The van der Waals surface area contributed by atoms with Crippen molar-refractivity contribution in [2.75, 3.05) is 13.1 Å². The normalized spacial score (nSPS) is 17.5. The molecule has 1 fully saturated rings. The van der Waals surface area contributed by atoms with Gasteiger partial charge in [0.2, 0.25) is 0 Å². The minimum atomic E-state index is -4.22. The van der Waals surface area contributed by atoms with Crippen molar-refractivity contribution in [3.8, 4) is 0 Å². The molecule has 0 spiro atoms. The Hall–Kier alpha value is -1.69. The van der Waals surface area contributed by atoms with E-state index in [2.05, 4.69) is 4.90 Å². The maximum atomic E-state index is 12.1.